The van der Waals surface area contributed by atoms with Crippen LogP contribution in [0.15, 0.2) is 59.5 Å². The van der Waals surface area contributed by atoms with Gasteiger partial charge in [-0.25, -0.2) is 8.42 Å². The van der Waals surface area contributed by atoms with Gasteiger partial charge >= 0.3 is 0 Å². The van der Waals surface area contributed by atoms with E-state index in [1.807, 2.05) is 30.3 Å². The van der Waals surface area contributed by atoms with Crippen LogP contribution in [0, 0.1) is 0 Å². The van der Waals surface area contributed by atoms with Crippen LogP contribution in [0.4, 0.5) is 0 Å². The second-order valence-electron chi connectivity index (χ2n) is 4.94. The highest BCUT2D eigenvalue weighted by Crippen LogP contribution is 2.24. The molecular weight excluding hydrogens is 302 g/mol. The molecule has 0 aliphatic heterocycles. The maximum Gasteiger partial charge on any atom is 0.243 e. The highest BCUT2D eigenvalue weighted by molar-refractivity contribution is 7.89. The predicted molar refractivity (Wildman–Crippen MR) is 84.5 cm³/mol. The number of para-hydroxylation sites is 1. The molecule has 0 heterocycles. The number of benzene rings is 2. The van der Waals surface area contributed by atoms with E-state index < -0.39 is 16.1 Å². The van der Waals surface area contributed by atoms with Crippen LogP contribution in [0.5, 0.6) is 11.5 Å². The quantitative estimate of drug-likeness (QED) is 0.887. The molecule has 2 rings (SSSR count). The van der Waals surface area contributed by atoms with Crippen LogP contribution in [0.2, 0.25) is 0 Å². The number of hydrogen-bond donors (Lipinski definition) is 1. The van der Waals surface area contributed by atoms with Gasteiger partial charge in [-0.15, -0.1) is 0 Å². The van der Waals surface area contributed by atoms with E-state index in [1.54, 1.807) is 19.1 Å². The van der Waals surface area contributed by atoms with Crippen molar-refractivity contribution in [3.63, 3.8) is 0 Å². The van der Waals surface area contributed by atoms with Gasteiger partial charge in [0, 0.05) is 13.1 Å². The molecule has 6 heteroatoms. The molecule has 5 nitrogen and oxygen atoms in total. The van der Waals surface area contributed by atoms with Crippen LogP contribution in [-0.2, 0) is 10.0 Å². The van der Waals surface area contributed by atoms with Crippen molar-refractivity contribution in [2.45, 2.75) is 17.9 Å². The summed E-state index contributed by atoms with van der Waals surface area (Å²) in [5, 5.41) is 9.10. The second kappa shape index (κ2) is 6.91. The molecule has 0 spiro atoms. The molecule has 0 aromatic heterocycles. The lowest BCUT2D eigenvalue weighted by Gasteiger charge is -2.22. The minimum Gasteiger partial charge on any atom is -0.457 e. The fraction of sp³-hybridized carbons (Fsp3) is 0.250. The van der Waals surface area contributed by atoms with E-state index in [1.165, 1.54) is 19.2 Å². The highest BCUT2D eigenvalue weighted by atomic mass is 32.2. The molecule has 0 radical (unpaired) electrons. The molecule has 0 aliphatic carbocycles. The van der Waals surface area contributed by atoms with E-state index in [0.717, 1.165) is 4.31 Å². The van der Waals surface area contributed by atoms with Crippen molar-refractivity contribution in [1.82, 2.24) is 4.31 Å². The van der Waals surface area contributed by atoms with E-state index in [4.69, 9.17) is 9.84 Å². The van der Waals surface area contributed by atoms with Gasteiger partial charge in [0.05, 0.1) is 11.5 Å². The molecule has 118 valence electrons. The summed E-state index contributed by atoms with van der Waals surface area (Å²) in [5.41, 5.74) is 0. The molecule has 0 aliphatic rings. The number of aliphatic hydroxyl groups excluding tert-OH is 1. The number of hydrogen-bond acceptors (Lipinski definition) is 4. The topological polar surface area (TPSA) is 66.8 Å². The van der Waals surface area contributed by atoms with E-state index in [2.05, 4.69) is 0 Å². The first-order valence-electron chi connectivity index (χ1n) is 6.87. The highest BCUT2D eigenvalue weighted by Gasteiger charge is 2.24. The number of likely N-dealkylation sites (N-methyl/N-ethyl adjacent to an activating group) is 1. The number of sulfonamides is 1. The SMILES string of the molecule is CC(CO)N(C)S(=O)(=O)c1ccc(Oc2ccccc2)cc1. The van der Waals surface area contributed by atoms with Gasteiger partial charge in [0.1, 0.15) is 11.5 Å². The third-order valence-electron chi connectivity index (χ3n) is 3.36. The Morgan fingerprint density at radius 2 is 1.59 bits per heavy atom. The molecule has 2 aromatic rings. The zero-order chi connectivity index (χ0) is 16.2. The summed E-state index contributed by atoms with van der Waals surface area (Å²) in [7, 11) is -2.17. The van der Waals surface area contributed by atoms with Crippen molar-refractivity contribution in [3.05, 3.63) is 54.6 Å². The van der Waals surface area contributed by atoms with Crippen LogP contribution in [-0.4, -0.2) is 37.5 Å². The summed E-state index contributed by atoms with van der Waals surface area (Å²) in [4.78, 5) is 0.163. The van der Waals surface area contributed by atoms with Crippen molar-refractivity contribution in [1.29, 1.82) is 0 Å². The number of ether oxygens (including phenoxy) is 1. The van der Waals surface area contributed by atoms with Gasteiger partial charge in [-0.3, -0.25) is 0 Å². The molecule has 1 N–H and O–H groups in total. The van der Waals surface area contributed by atoms with Gasteiger partial charge in [0.25, 0.3) is 0 Å². The van der Waals surface area contributed by atoms with E-state index in [-0.39, 0.29) is 11.5 Å². The van der Waals surface area contributed by atoms with Crippen LogP contribution >= 0.6 is 0 Å². The Hall–Kier alpha value is -1.89. The van der Waals surface area contributed by atoms with Crippen LogP contribution < -0.4 is 4.74 Å². The standard InChI is InChI=1S/C16H19NO4S/c1-13(12-18)17(2)22(19,20)16-10-8-15(9-11-16)21-14-6-4-3-5-7-14/h3-11,13,18H,12H2,1-2H3. The summed E-state index contributed by atoms with van der Waals surface area (Å²) in [6.45, 7) is 1.41. The number of rotatable bonds is 6. The fourth-order valence-electron chi connectivity index (χ4n) is 1.82. The lowest BCUT2D eigenvalue weighted by atomic mass is 10.3. The smallest absolute Gasteiger partial charge is 0.243 e. The van der Waals surface area contributed by atoms with E-state index in [9.17, 15) is 8.42 Å². The van der Waals surface area contributed by atoms with Gasteiger partial charge in [-0.2, -0.15) is 4.31 Å². The maximum absolute atomic E-state index is 12.4. The normalized spacial score (nSPS) is 13.1. The zero-order valence-corrected chi connectivity index (χ0v) is 13.3. The summed E-state index contributed by atoms with van der Waals surface area (Å²) >= 11 is 0. The van der Waals surface area contributed by atoms with Crippen molar-refractivity contribution in [2.75, 3.05) is 13.7 Å². The summed E-state index contributed by atoms with van der Waals surface area (Å²) in [6.07, 6.45) is 0. The average Bonchev–Trinajstić information content (AvgIpc) is 2.55. The Labute approximate surface area is 130 Å². The van der Waals surface area contributed by atoms with Crippen molar-refractivity contribution in [3.8, 4) is 11.5 Å². The lowest BCUT2D eigenvalue weighted by Crippen LogP contribution is -2.37. The van der Waals surface area contributed by atoms with Crippen molar-refractivity contribution < 1.29 is 18.3 Å². The maximum atomic E-state index is 12.4. The Bertz CT molecular complexity index is 699. The van der Waals surface area contributed by atoms with Gasteiger partial charge in [0.15, 0.2) is 0 Å². The average molecular weight is 321 g/mol. The van der Waals surface area contributed by atoms with Crippen LogP contribution in [0.3, 0.4) is 0 Å². The largest absolute Gasteiger partial charge is 0.457 e. The van der Waals surface area contributed by atoms with Crippen LogP contribution in [0.1, 0.15) is 6.92 Å². The summed E-state index contributed by atoms with van der Waals surface area (Å²) in [6, 6.07) is 15.0. The first-order chi connectivity index (χ1) is 10.4. The molecule has 0 saturated heterocycles. The molecule has 1 unspecified atom stereocenters. The monoisotopic (exact) mass is 321 g/mol. The Morgan fingerprint density at radius 1 is 1.05 bits per heavy atom. The molecule has 1 atom stereocenters. The summed E-state index contributed by atoms with van der Waals surface area (Å²) in [5.74, 6) is 1.24. The lowest BCUT2D eigenvalue weighted by molar-refractivity contribution is 0.214. The molecule has 0 saturated carbocycles. The second-order valence-corrected chi connectivity index (χ2v) is 6.94. The van der Waals surface area contributed by atoms with Crippen LogP contribution in [0.25, 0.3) is 0 Å². The molecule has 0 fully saturated rings. The minimum absolute atomic E-state index is 0.163. The minimum atomic E-state index is -3.62. The molecule has 22 heavy (non-hydrogen) atoms. The third-order valence-corrected chi connectivity index (χ3v) is 5.35. The predicted octanol–water partition coefficient (Wildman–Crippen LogP) is 2.48. The number of aliphatic hydroxyl groups is 1. The van der Waals surface area contributed by atoms with E-state index in [0.29, 0.717) is 11.5 Å². The number of nitrogens with zero attached hydrogens (tertiary/aromatic N) is 1. The molecule has 0 bridgehead atoms. The van der Waals surface area contributed by atoms with E-state index >= 15 is 0 Å². The first kappa shape index (κ1) is 16.5. The van der Waals surface area contributed by atoms with Crippen molar-refractivity contribution in [2.24, 2.45) is 0 Å². The Kier molecular flexibility index (Phi) is 5.18. The van der Waals surface area contributed by atoms with Gasteiger partial charge in [0.2, 0.25) is 10.0 Å². The fourth-order valence-corrected chi connectivity index (χ4v) is 3.18. The Morgan fingerprint density at radius 3 is 2.14 bits per heavy atom. The Balaban J connectivity index is 2.18. The zero-order valence-electron chi connectivity index (χ0n) is 12.5. The van der Waals surface area contributed by atoms with Crippen molar-refractivity contribution >= 4 is 10.0 Å². The third kappa shape index (κ3) is 3.65. The van der Waals surface area contributed by atoms with Gasteiger partial charge in [-0.1, -0.05) is 18.2 Å². The molecular formula is C16H19NO4S. The molecule has 0 amide bonds. The first-order valence-corrected chi connectivity index (χ1v) is 8.31. The molecule has 2 aromatic carbocycles. The summed E-state index contributed by atoms with van der Waals surface area (Å²) < 4.78 is 31.5. The van der Waals surface area contributed by atoms with Gasteiger partial charge < -0.3 is 9.84 Å². The van der Waals surface area contributed by atoms with Gasteiger partial charge in [-0.05, 0) is 43.3 Å².